The summed E-state index contributed by atoms with van der Waals surface area (Å²) in [5.74, 6) is 0. The third kappa shape index (κ3) is 6.32. The molecule has 0 bridgehead atoms. The zero-order valence-corrected chi connectivity index (χ0v) is 34.0. The van der Waals surface area contributed by atoms with Crippen LogP contribution in [0.3, 0.4) is 0 Å². The lowest BCUT2D eigenvalue weighted by atomic mass is 9.99. The minimum atomic E-state index is 0.953. The van der Waals surface area contributed by atoms with Gasteiger partial charge >= 0.3 is 0 Å². The molecule has 0 aliphatic heterocycles. The van der Waals surface area contributed by atoms with Crippen molar-refractivity contribution < 1.29 is 0 Å². The van der Waals surface area contributed by atoms with E-state index >= 15 is 0 Å². The third-order valence-corrected chi connectivity index (χ3v) is 15.2. The van der Waals surface area contributed by atoms with E-state index in [-0.39, 0.29) is 0 Å². The highest BCUT2D eigenvalue weighted by atomic mass is 32.1. The first kappa shape index (κ1) is 34.2. The van der Waals surface area contributed by atoms with Crippen LogP contribution < -0.4 is 0 Å². The van der Waals surface area contributed by atoms with Crippen molar-refractivity contribution in [3.63, 3.8) is 0 Å². The molecule has 5 aromatic heterocycles. The Labute approximate surface area is 340 Å². The van der Waals surface area contributed by atoms with Gasteiger partial charge in [-0.05, 0) is 60.4 Å². The SMILES string of the molecule is Cc1cc(-c2ccccc2)c(-c2sc(-c3ccc(-c4cc(-c5ccccc5)c(-c5sc(C)cc5-c5ccccc5)s4)c4nsnc34)cc2-c2ccccc2)s1. The van der Waals surface area contributed by atoms with Crippen LogP contribution in [0.2, 0.25) is 0 Å². The van der Waals surface area contributed by atoms with Crippen LogP contribution in [0.1, 0.15) is 9.75 Å². The van der Waals surface area contributed by atoms with Crippen molar-refractivity contribution in [3.05, 3.63) is 167 Å². The molecule has 0 saturated heterocycles. The molecular weight excluding hydrogens is 765 g/mol. The Morgan fingerprint density at radius 1 is 0.327 bits per heavy atom. The summed E-state index contributed by atoms with van der Waals surface area (Å²) in [5, 5.41) is 0. The van der Waals surface area contributed by atoms with Crippen LogP contribution in [-0.2, 0) is 0 Å². The summed E-state index contributed by atoms with van der Waals surface area (Å²) in [7, 11) is 0. The molecule has 0 atom stereocenters. The van der Waals surface area contributed by atoms with E-state index in [1.54, 1.807) is 0 Å². The highest BCUT2D eigenvalue weighted by Gasteiger charge is 2.24. The van der Waals surface area contributed by atoms with E-state index in [2.05, 4.69) is 172 Å². The lowest BCUT2D eigenvalue weighted by Crippen LogP contribution is -1.82. The average molecular weight is 797 g/mol. The van der Waals surface area contributed by atoms with Crippen LogP contribution >= 0.6 is 57.1 Å². The van der Waals surface area contributed by atoms with Crippen molar-refractivity contribution in [1.29, 1.82) is 0 Å². The minimum Gasteiger partial charge on any atom is -0.172 e. The van der Waals surface area contributed by atoms with Crippen molar-refractivity contribution in [2.45, 2.75) is 13.8 Å². The molecule has 10 aromatic rings. The molecule has 2 nitrogen and oxygen atoms in total. The molecule has 55 heavy (non-hydrogen) atoms. The number of aromatic nitrogens is 2. The van der Waals surface area contributed by atoms with Gasteiger partial charge in [0.15, 0.2) is 0 Å². The topological polar surface area (TPSA) is 25.8 Å². The predicted octanol–water partition coefficient (Wildman–Crippen LogP) is 15.9. The quantitative estimate of drug-likeness (QED) is 0.153. The molecule has 10 rings (SSSR count). The highest BCUT2D eigenvalue weighted by molar-refractivity contribution is 7.25. The second-order valence-electron chi connectivity index (χ2n) is 13.5. The van der Waals surface area contributed by atoms with Crippen LogP contribution in [0, 0.1) is 13.8 Å². The van der Waals surface area contributed by atoms with Crippen molar-refractivity contribution >= 4 is 68.1 Å². The maximum Gasteiger partial charge on any atom is 0.114 e. The molecular formula is C48H32N2S5. The Morgan fingerprint density at radius 2 is 0.636 bits per heavy atom. The Bertz CT molecular complexity index is 2730. The summed E-state index contributed by atoms with van der Waals surface area (Å²) >= 11 is 8.76. The Morgan fingerprint density at radius 3 is 0.982 bits per heavy atom. The van der Waals surface area contributed by atoms with Gasteiger partial charge in [-0.25, -0.2) is 0 Å². The Hall–Kier alpha value is -5.28. The van der Waals surface area contributed by atoms with Crippen molar-refractivity contribution in [2.75, 3.05) is 0 Å². The maximum atomic E-state index is 4.98. The van der Waals surface area contributed by atoms with Crippen LogP contribution in [-0.4, -0.2) is 8.75 Å². The number of fused-ring (bicyclic) bond motifs is 1. The predicted molar refractivity (Wildman–Crippen MR) is 242 cm³/mol. The van der Waals surface area contributed by atoms with Gasteiger partial charge in [0.05, 0.1) is 31.2 Å². The molecule has 0 N–H and O–H groups in total. The fourth-order valence-electron chi connectivity index (χ4n) is 7.34. The lowest BCUT2D eigenvalue weighted by Gasteiger charge is -2.06. The smallest absolute Gasteiger partial charge is 0.114 e. The van der Waals surface area contributed by atoms with Gasteiger partial charge in [0.25, 0.3) is 0 Å². The van der Waals surface area contributed by atoms with Crippen molar-refractivity contribution in [1.82, 2.24) is 8.75 Å². The Kier molecular flexibility index (Phi) is 8.97. The summed E-state index contributed by atoms with van der Waals surface area (Å²) in [5.41, 5.74) is 14.1. The molecule has 0 amide bonds. The van der Waals surface area contributed by atoms with Gasteiger partial charge in [-0.2, -0.15) is 8.75 Å². The van der Waals surface area contributed by atoms with E-state index in [0.717, 1.165) is 22.2 Å². The van der Waals surface area contributed by atoms with E-state index in [1.165, 1.54) is 95.3 Å². The first-order chi connectivity index (χ1) is 27.1. The number of benzene rings is 5. The Balaban J connectivity index is 1.13. The molecule has 264 valence electrons. The third-order valence-electron chi connectivity index (χ3n) is 9.87. The summed E-state index contributed by atoms with van der Waals surface area (Å²) in [4.78, 5) is 10.2. The summed E-state index contributed by atoms with van der Waals surface area (Å²) in [6.45, 7) is 4.42. The molecule has 0 spiro atoms. The van der Waals surface area contributed by atoms with Gasteiger partial charge < -0.3 is 0 Å². The van der Waals surface area contributed by atoms with E-state index < -0.39 is 0 Å². The molecule has 7 heteroatoms. The fourth-order valence-corrected chi connectivity index (χ4v) is 12.7. The summed E-state index contributed by atoms with van der Waals surface area (Å²) in [6, 6.07) is 57.1. The van der Waals surface area contributed by atoms with Gasteiger partial charge in [-0.3, -0.25) is 0 Å². The summed E-state index contributed by atoms with van der Waals surface area (Å²) < 4.78 is 9.97. The molecule has 0 unspecified atom stereocenters. The number of thiophene rings is 4. The summed E-state index contributed by atoms with van der Waals surface area (Å²) in [6.07, 6.45) is 0. The van der Waals surface area contributed by atoms with E-state index in [4.69, 9.17) is 8.75 Å². The molecule has 0 fully saturated rings. The van der Waals surface area contributed by atoms with Crippen LogP contribution in [0.4, 0.5) is 0 Å². The number of hydrogen-bond donors (Lipinski definition) is 0. The first-order valence-corrected chi connectivity index (χ1v) is 22.1. The molecule has 0 radical (unpaired) electrons. The number of hydrogen-bond acceptors (Lipinski definition) is 7. The van der Waals surface area contributed by atoms with Gasteiger partial charge in [-0.1, -0.05) is 133 Å². The van der Waals surface area contributed by atoms with Crippen molar-refractivity contribution in [3.8, 4) is 84.9 Å². The maximum absolute atomic E-state index is 4.98. The minimum absolute atomic E-state index is 0.953. The average Bonchev–Trinajstić information content (AvgIpc) is 4.09. The fraction of sp³-hybridized carbons (Fsp3) is 0.0417. The van der Waals surface area contributed by atoms with Gasteiger partial charge in [-0.15, -0.1) is 45.3 Å². The first-order valence-electron chi connectivity index (χ1n) is 18.1. The van der Waals surface area contributed by atoms with Crippen LogP contribution in [0.25, 0.3) is 95.9 Å². The largest absolute Gasteiger partial charge is 0.172 e. The van der Waals surface area contributed by atoms with Gasteiger partial charge in [0, 0.05) is 52.9 Å². The second kappa shape index (κ2) is 14.4. The molecule has 0 saturated carbocycles. The molecule has 5 heterocycles. The zero-order chi connectivity index (χ0) is 36.9. The van der Waals surface area contributed by atoms with Gasteiger partial charge in [0.1, 0.15) is 11.0 Å². The highest BCUT2D eigenvalue weighted by Crippen LogP contribution is 2.53. The normalized spacial score (nSPS) is 11.5. The molecule has 0 aliphatic carbocycles. The lowest BCUT2D eigenvalue weighted by molar-refractivity contribution is 1.61. The molecule has 5 aromatic carbocycles. The van der Waals surface area contributed by atoms with Crippen molar-refractivity contribution in [2.24, 2.45) is 0 Å². The van der Waals surface area contributed by atoms with Crippen LogP contribution in [0.5, 0.6) is 0 Å². The number of aryl methyl sites for hydroxylation is 2. The second-order valence-corrected chi connectivity index (χ2v) is 18.6. The van der Waals surface area contributed by atoms with E-state index in [1.807, 2.05) is 45.3 Å². The molecule has 0 aliphatic rings. The van der Waals surface area contributed by atoms with Gasteiger partial charge in [0.2, 0.25) is 0 Å². The number of nitrogens with zero attached hydrogens (tertiary/aromatic N) is 2. The standard InChI is InChI=1S/C48H32N2S5/c1-29-25-37(31-15-7-3-8-16-31)45(51-29)47-39(33-19-11-5-12-20-33)27-41(53-47)35-23-24-36(44-43(35)49-55-50-44)42-28-40(34-21-13-6-14-22-34)48(54-42)46-38(26-30(2)52-46)32-17-9-4-10-18-32/h3-28H,1-2H3. The van der Waals surface area contributed by atoms with E-state index in [9.17, 15) is 0 Å². The van der Waals surface area contributed by atoms with E-state index in [0.29, 0.717) is 0 Å². The van der Waals surface area contributed by atoms with Crippen LogP contribution in [0.15, 0.2) is 158 Å². The number of rotatable bonds is 8. The zero-order valence-electron chi connectivity index (χ0n) is 29.9. The monoisotopic (exact) mass is 796 g/mol.